The average molecular weight is 320 g/mol. The molecule has 0 spiro atoms. The highest BCUT2D eigenvalue weighted by Gasteiger charge is 2.13. The van der Waals surface area contributed by atoms with Crippen LogP contribution < -0.4 is 4.74 Å². The summed E-state index contributed by atoms with van der Waals surface area (Å²) in [5, 5.41) is 4.18. The van der Waals surface area contributed by atoms with E-state index < -0.39 is 0 Å². The van der Waals surface area contributed by atoms with Crippen LogP contribution in [0, 0.1) is 20.8 Å². The molecule has 1 aromatic heterocycles. The highest BCUT2D eigenvalue weighted by atomic mass is 16.5. The van der Waals surface area contributed by atoms with Gasteiger partial charge in [-0.15, -0.1) is 0 Å². The molecule has 0 saturated carbocycles. The van der Waals surface area contributed by atoms with Crippen LogP contribution in [0.3, 0.4) is 0 Å². The Hall–Kier alpha value is -2.88. The van der Waals surface area contributed by atoms with Gasteiger partial charge >= 0.3 is 5.97 Å². The Morgan fingerprint density at radius 3 is 2.33 bits per heavy atom. The van der Waals surface area contributed by atoms with Crippen LogP contribution in [0.4, 0.5) is 0 Å². The number of ether oxygens (including phenoxy) is 1. The minimum absolute atomic E-state index is 0.337. The van der Waals surface area contributed by atoms with Crippen molar-refractivity contribution in [2.24, 2.45) is 0 Å². The fraction of sp³-hybridized carbons (Fsp3) is 0.200. The molecule has 3 aromatic rings. The smallest absolute Gasteiger partial charge is 0.343 e. The minimum atomic E-state index is -0.337. The van der Waals surface area contributed by atoms with Crippen molar-refractivity contribution >= 4 is 5.97 Å². The lowest BCUT2D eigenvalue weighted by Gasteiger charge is -2.12. The summed E-state index contributed by atoms with van der Waals surface area (Å²) in [5.41, 5.74) is 4.72. The van der Waals surface area contributed by atoms with Crippen molar-refractivity contribution in [1.82, 2.24) is 9.78 Å². The second-order valence-corrected chi connectivity index (χ2v) is 6.02. The summed E-state index contributed by atoms with van der Waals surface area (Å²) < 4.78 is 7.45. The number of carbonyl (C=O) groups excluding carboxylic acids is 1. The van der Waals surface area contributed by atoms with E-state index in [9.17, 15) is 4.79 Å². The first kappa shape index (κ1) is 16.0. The van der Waals surface area contributed by atoms with Crippen LogP contribution >= 0.6 is 0 Å². The van der Waals surface area contributed by atoms with Gasteiger partial charge in [-0.25, -0.2) is 4.79 Å². The predicted molar refractivity (Wildman–Crippen MR) is 93.4 cm³/mol. The molecule has 122 valence electrons. The van der Waals surface area contributed by atoms with Crippen molar-refractivity contribution in [3.05, 3.63) is 82.7 Å². The zero-order chi connectivity index (χ0) is 17.1. The van der Waals surface area contributed by atoms with Gasteiger partial charge in [-0.3, -0.25) is 4.68 Å². The number of hydrogen-bond donors (Lipinski definition) is 0. The quantitative estimate of drug-likeness (QED) is 0.537. The molecule has 0 saturated heterocycles. The Bertz CT molecular complexity index is 827. The highest BCUT2D eigenvalue weighted by Crippen LogP contribution is 2.25. The molecule has 0 aliphatic rings. The molecule has 0 radical (unpaired) electrons. The summed E-state index contributed by atoms with van der Waals surface area (Å²) in [7, 11) is 0. The Morgan fingerprint density at radius 2 is 1.75 bits per heavy atom. The fourth-order valence-corrected chi connectivity index (χ4v) is 2.81. The number of hydrogen-bond acceptors (Lipinski definition) is 3. The van der Waals surface area contributed by atoms with Crippen molar-refractivity contribution in [2.75, 3.05) is 0 Å². The van der Waals surface area contributed by atoms with E-state index in [0.29, 0.717) is 17.9 Å². The van der Waals surface area contributed by atoms with E-state index in [1.807, 2.05) is 62.0 Å². The summed E-state index contributed by atoms with van der Waals surface area (Å²) in [5.74, 6) is 0.307. The molecule has 0 aliphatic carbocycles. The predicted octanol–water partition coefficient (Wildman–Crippen LogP) is 4.08. The standard InChI is InChI=1S/C20H20N2O2/c1-14-11-15(2)19(16(3)12-14)24-20(23)18-7-5-17(6-8-18)13-22-10-4-9-21-22/h4-12H,13H2,1-3H3. The zero-order valence-corrected chi connectivity index (χ0v) is 14.1. The summed E-state index contributed by atoms with van der Waals surface area (Å²) in [6, 6.07) is 13.4. The molecule has 0 unspecified atom stereocenters. The third-order valence-electron chi connectivity index (χ3n) is 3.89. The Kier molecular flexibility index (Phi) is 4.47. The Balaban J connectivity index is 1.74. The second-order valence-electron chi connectivity index (χ2n) is 6.02. The second kappa shape index (κ2) is 6.71. The molecule has 4 nitrogen and oxygen atoms in total. The first-order chi connectivity index (χ1) is 11.5. The molecule has 3 rings (SSSR count). The number of aryl methyl sites for hydroxylation is 3. The van der Waals surface area contributed by atoms with Crippen LogP contribution in [0.25, 0.3) is 0 Å². The normalized spacial score (nSPS) is 10.6. The van der Waals surface area contributed by atoms with E-state index in [0.717, 1.165) is 22.3 Å². The van der Waals surface area contributed by atoms with Gasteiger partial charge in [-0.2, -0.15) is 5.10 Å². The highest BCUT2D eigenvalue weighted by molar-refractivity contribution is 5.91. The lowest BCUT2D eigenvalue weighted by atomic mass is 10.1. The molecule has 0 N–H and O–H groups in total. The maximum absolute atomic E-state index is 12.4. The van der Waals surface area contributed by atoms with E-state index in [1.54, 1.807) is 18.3 Å². The molecule has 1 heterocycles. The first-order valence-electron chi connectivity index (χ1n) is 7.89. The van der Waals surface area contributed by atoms with Crippen molar-refractivity contribution in [3.63, 3.8) is 0 Å². The van der Waals surface area contributed by atoms with Crippen molar-refractivity contribution in [3.8, 4) is 5.75 Å². The van der Waals surface area contributed by atoms with Gasteiger partial charge in [0.25, 0.3) is 0 Å². The zero-order valence-electron chi connectivity index (χ0n) is 14.1. The lowest BCUT2D eigenvalue weighted by molar-refractivity contribution is 0.0732. The molecular formula is C20H20N2O2. The average Bonchev–Trinajstić information content (AvgIpc) is 3.04. The van der Waals surface area contributed by atoms with E-state index in [4.69, 9.17) is 4.74 Å². The van der Waals surface area contributed by atoms with Crippen LogP contribution in [0.5, 0.6) is 5.75 Å². The maximum Gasteiger partial charge on any atom is 0.343 e. The molecular weight excluding hydrogens is 300 g/mol. The van der Waals surface area contributed by atoms with Gasteiger partial charge in [0.05, 0.1) is 12.1 Å². The van der Waals surface area contributed by atoms with E-state index in [1.165, 1.54) is 0 Å². The lowest BCUT2D eigenvalue weighted by Crippen LogP contribution is -2.10. The van der Waals surface area contributed by atoms with Crippen LogP contribution in [-0.4, -0.2) is 15.7 Å². The van der Waals surface area contributed by atoms with Crippen LogP contribution in [0.2, 0.25) is 0 Å². The third kappa shape index (κ3) is 3.54. The van der Waals surface area contributed by atoms with E-state index in [2.05, 4.69) is 5.10 Å². The first-order valence-corrected chi connectivity index (χ1v) is 7.89. The van der Waals surface area contributed by atoms with Gasteiger partial charge in [-0.05, 0) is 55.7 Å². The molecule has 4 heteroatoms. The number of carbonyl (C=O) groups is 1. The molecule has 2 aromatic carbocycles. The number of esters is 1. The Morgan fingerprint density at radius 1 is 1.08 bits per heavy atom. The summed E-state index contributed by atoms with van der Waals surface area (Å²) in [6.45, 7) is 6.62. The van der Waals surface area contributed by atoms with Gasteiger partial charge < -0.3 is 4.74 Å². The molecule has 0 bridgehead atoms. The van der Waals surface area contributed by atoms with Gasteiger partial charge in [0.15, 0.2) is 0 Å². The van der Waals surface area contributed by atoms with Gasteiger partial charge in [-0.1, -0.05) is 29.8 Å². The number of nitrogens with zero attached hydrogens (tertiary/aromatic N) is 2. The van der Waals surface area contributed by atoms with Gasteiger partial charge in [0.2, 0.25) is 0 Å². The van der Waals surface area contributed by atoms with Crippen molar-refractivity contribution < 1.29 is 9.53 Å². The van der Waals surface area contributed by atoms with E-state index in [-0.39, 0.29) is 5.97 Å². The topological polar surface area (TPSA) is 44.1 Å². The number of benzene rings is 2. The molecule has 24 heavy (non-hydrogen) atoms. The van der Waals surface area contributed by atoms with Crippen LogP contribution in [0.1, 0.15) is 32.6 Å². The molecule has 0 fully saturated rings. The minimum Gasteiger partial charge on any atom is -0.422 e. The summed E-state index contributed by atoms with van der Waals surface area (Å²) in [6.07, 6.45) is 3.66. The summed E-state index contributed by atoms with van der Waals surface area (Å²) in [4.78, 5) is 12.4. The molecule has 0 amide bonds. The SMILES string of the molecule is Cc1cc(C)c(OC(=O)c2ccc(Cn3cccn3)cc2)c(C)c1. The van der Waals surface area contributed by atoms with Crippen LogP contribution in [0.15, 0.2) is 54.9 Å². The Labute approximate surface area is 141 Å². The van der Waals surface area contributed by atoms with Crippen molar-refractivity contribution in [1.29, 1.82) is 0 Å². The van der Waals surface area contributed by atoms with E-state index >= 15 is 0 Å². The molecule has 0 aliphatic heterocycles. The van der Waals surface area contributed by atoms with Gasteiger partial charge in [0, 0.05) is 12.4 Å². The summed E-state index contributed by atoms with van der Waals surface area (Å²) >= 11 is 0. The monoisotopic (exact) mass is 320 g/mol. The number of aromatic nitrogens is 2. The van der Waals surface area contributed by atoms with Crippen molar-refractivity contribution in [2.45, 2.75) is 27.3 Å². The largest absolute Gasteiger partial charge is 0.422 e. The maximum atomic E-state index is 12.4. The third-order valence-corrected chi connectivity index (χ3v) is 3.89. The number of rotatable bonds is 4. The fourth-order valence-electron chi connectivity index (χ4n) is 2.81. The van der Waals surface area contributed by atoms with Gasteiger partial charge in [0.1, 0.15) is 5.75 Å². The molecule has 0 atom stereocenters. The van der Waals surface area contributed by atoms with Crippen LogP contribution in [-0.2, 0) is 6.54 Å².